The average molecular weight is 480 g/mol. The predicted octanol–water partition coefficient (Wildman–Crippen LogP) is 4.51. The number of alkyl halides is 3. The quantitative estimate of drug-likeness (QED) is 0.324. The standard InChI is InChI=1S/C20H13ClF3N5O2S/c21-12-4-2-6-14(8-12)29-17-15(9-25-29)18(31)28-19(27-17)32-10-16(30)26-13-5-1-3-11(7-13)20(22,23)24/h1-9H,10H2,(H,26,30)(H,27,28,31). The molecule has 0 aliphatic carbocycles. The van der Waals surface area contributed by atoms with E-state index >= 15 is 0 Å². The van der Waals surface area contributed by atoms with E-state index in [2.05, 4.69) is 20.4 Å². The zero-order valence-corrected chi connectivity index (χ0v) is 17.6. The van der Waals surface area contributed by atoms with Gasteiger partial charge in [0.05, 0.1) is 23.2 Å². The molecule has 1 amide bonds. The van der Waals surface area contributed by atoms with Crippen molar-refractivity contribution in [3.8, 4) is 5.69 Å². The monoisotopic (exact) mass is 479 g/mol. The van der Waals surface area contributed by atoms with E-state index in [0.717, 1.165) is 23.9 Å². The van der Waals surface area contributed by atoms with E-state index < -0.39 is 23.2 Å². The number of aromatic amines is 1. The molecule has 2 aromatic carbocycles. The number of amides is 1. The number of anilines is 1. The number of nitrogens with one attached hydrogen (secondary N) is 2. The molecule has 0 aliphatic heterocycles. The van der Waals surface area contributed by atoms with Crippen LogP contribution in [-0.4, -0.2) is 31.4 Å². The Morgan fingerprint density at radius 2 is 1.97 bits per heavy atom. The molecule has 12 heteroatoms. The molecule has 4 rings (SSSR count). The summed E-state index contributed by atoms with van der Waals surface area (Å²) < 4.78 is 39.9. The number of benzene rings is 2. The summed E-state index contributed by atoms with van der Waals surface area (Å²) in [5.74, 6) is -0.740. The number of aromatic nitrogens is 4. The first-order valence-electron chi connectivity index (χ1n) is 9.04. The lowest BCUT2D eigenvalue weighted by atomic mass is 10.2. The summed E-state index contributed by atoms with van der Waals surface area (Å²) in [6.45, 7) is 0. The molecule has 164 valence electrons. The lowest BCUT2D eigenvalue weighted by Gasteiger charge is -2.09. The van der Waals surface area contributed by atoms with Gasteiger partial charge in [0.2, 0.25) is 5.91 Å². The first-order chi connectivity index (χ1) is 15.2. The second-order valence-corrected chi connectivity index (χ2v) is 7.96. The maximum Gasteiger partial charge on any atom is 0.416 e. The number of nitrogens with zero attached hydrogens (tertiary/aromatic N) is 3. The molecule has 0 radical (unpaired) electrons. The average Bonchev–Trinajstić information content (AvgIpc) is 3.16. The highest BCUT2D eigenvalue weighted by molar-refractivity contribution is 7.99. The van der Waals surface area contributed by atoms with Gasteiger partial charge in [-0.3, -0.25) is 9.59 Å². The summed E-state index contributed by atoms with van der Waals surface area (Å²) in [6, 6.07) is 11.1. The number of hydrogen-bond acceptors (Lipinski definition) is 5. The second kappa shape index (κ2) is 8.67. The molecule has 2 N–H and O–H groups in total. The maximum absolute atomic E-state index is 12.8. The summed E-state index contributed by atoms with van der Waals surface area (Å²) in [6.07, 6.45) is -3.14. The van der Waals surface area contributed by atoms with Gasteiger partial charge < -0.3 is 10.3 Å². The zero-order chi connectivity index (χ0) is 22.9. The fourth-order valence-electron chi connectivity index (χ4n) is 2.87. The number of hydrogen-bond donors (Lipinski definition) is 2. The molecule has 0 spiro atoms. The molecule has 0 saturated heterocycles. The molecule has 0 atom stereocenters. The highest BCUT2D eigenvalue weighted by Gasteiger charge is 2.30. The third kappa shape index (κ3) is 4.78. The van der Waals surface area contributed by atoms with Crippen LogP contribution in [0.4, 0.5) is 18.9 Å². The Bertz CT molecular complexity index is 1370. The van der Waals surface area contributed by atoms with E-state index in [1.54, 1.807) is 24.3 Å². The van der Waals surface area contributed by atoms with Crippen LogP contribution in [0.2, 0.25) is 5.02 Å². The predicted molar refractivity (Wildman–Crippen MR) is 115 cm³/mol. The molecule has 4 aromatic rings. The lowest BCUT2D eigenvalue weighted by molar-refractivity contribution is -0.137. The van der Waals surface area contributed by atoms with Crippen molar-refractivity contribution in [1.29, 1.82) is 0 Å². The molecule has 0 aliphatic rings. The summed E-state index contributed by atoms with van der Waals surface area (Å²) in [4.78, 5) is 31.5. The molecule has 2 aromatic heterocycles. The summed E-state index contributed by atoms with van der Waals surface area (Å²) in [5.41, 5.74) is -0.417. The van der Waals surface area contributed by atoms with Gasteiger partial charge in [-0.25, -0.2) is 9.67 Å². The normalized spacial score (nSPS) is 11.6. The van der Waals surface area contributed by atoms with Crippen LogP contribution in [0.25, 0.3) is 16.7 Å². The SMILES string of the molecule is O=C(CSc1nc2c(cnn2-c2cccc(Cl)c2)c(=O)[nH]1)Nc1cccc(C(F)(F)F)c1. The highest BCUT2D eigenvalue weighted by atomic mass is 35.5. The topological polar surface area (TPSA) is 92.7 Å². The van der Waals surface area contributed by atoms with Gasteiger partial charge in [0.15, 0.2) is 10.8 Å². The largest absolute Gasteiger partial charge is 0.416 e. The van der Waals surface area contributed by atoms with Crippen molar-refractivity contribution in [1.82, 2.24) is 19.7 Å². The Kier molecular flexibility index (Phi) is 5.94. The molecule has 0 saturated carbocycles. The molecule has 2 heterocycles. The summed E-state index contributed by atoms with van der Waals surface area (Å²) >= 11 is 6.95. The third-order valence-electron chi connectivity index (χ3n) is 4.28. The number of carbonyl (C=O) groups is 1. The van der Waals surface area contributed by atoms with Crippen LogP contribution >= 0.6 is 23.4 Å². The maximum atomic E-state index is 12.8. The van der Waals surface area contributed by atoms with E-state index in [0.29, 0.717) is 10.7 Å². The van der Waals surface area contributed by atoms with Gasteiger partial charge >= 0.3 is 6.18 Å². The van der Waals surface area contributed by atoms with Crippen molar-refractivity contribution in [3.63, 3.8) is 0 Å². The Morgan fingerprint density at radius 3 is 2.72 bits per heavy atom. The van der Waals surface area contributed by atoms with E-state index in [9.17, 15) is 22.8 Å². The van der Waals surface area contributed by atoms with Crippen molar-refractivity contribution in [3.05, 3.63) is 75.7 Å². The van der Waals surface area contributed by atoms with Crippen LogP contribution in [0, 0.1) is 0 Å². The minimum Gasteiger partial charge on any atom is -0.325 e. The number of fused-ring (bicyclic) bond motifs is 1. The lowest BCUT2D eigenvalue weighted by Crippen LogP contribution is -2.16. The van der Waals surface area contributed by atoms with Gasteiger partial charge in [-0.05, 0) is 36.4 Å². The van der Waals surface area contributed by atoms with Crippen LogP contribution in [0.3, 0.4) is 0 Å². The Morgan fingerprint density at radius 1 is 1.19 bits per heavy atom. The fraction of sp³-hybridized carbons (Fsp3) is 0.100. The van der Waals surface area contributed by atoms with Gasteiger partial charge in [-0.1, -0.05) is 35.5 Å². The van der Waals surface area contributed by atoms with Crippen molar-refractivity contribution in [2.24, 2.45) is 0 Å². The number of thioether (sulfide) groups is 1. The van der Waals surface area contributed by atoms with E-state index in [-0.39, 0.29) is 27.6 Å². The number of halogens is 4. The summed E-state index contributed by atoms with van der Waals surface area (Å²) in [5, 5.41) is 7.48. The molecule has 0 bridgehead atoms. The number of carbonyl (C=O) groups excluding carboxylic acids is 1. The minimum atomic E-state index is -4.51. The highest BCUT2D eigenvalue weighted by Crippen LogP contribution is 2.30. The van der Waals surface area contributed by atoms with Gasteiger partial charge in [0.25, 0.3) is 5.56 Å². The smallest absolute Gasteiger partial charge is 0.325 e. The Labute approximate surface area is 187 Å². The Balaban J connectivity index is 1.52. The van der Waals surface area contributed by atoms with Gasteiger partial charge in [-0.15, -0.1) is 0 Å². The van der Waals surface area contributed by atoms with Crippen LogP contribution in [-0.2, 0) is 11.0 Å². The third-order valence-corrected chi connectivity index (χ3v) is 5.39. The first kappa shape index (κ1) is 21.9. The molecular formula is C20H13ClF3N5O2S. The molecule has 0 fully saturated rings. The van der Waals surface area contributed by atoms with E-state index in [4.69, 9.17) is 11.6 Å². The summed E-state index contributed by atoms with van der Waals surface area (Å²) in [7, 11) is 0. The van der Waals surface area contributed by atoms with Gasteiger partial charge in [0, 0.05) is 10.7 Å². The second-order valence-electron chi connectivity index (χ2n) is 6.56. The van der Waals surface area contributed by atoms with Crippen LogP contribution < -0.4 is 10.9 Å². The van der Waals surface area contributed by atoms with E-state index in [1.165, 1.54) is 23.0 Å². The fourth-order valence-corrected chi connectivity index (χ4v) is 3.71. The Hall–Kier alpha value is -3.31. The minimum absolute atomic E-state index is 0.0152. The van der Waals surface area contributed by atoms with Crippen LogP contribution in [0.15, 0.2) is 64.7 Å². The number of rotatable bonds is 5. The zero-order valence-electron chi connectivity index (χ0n) is 16.0. The molecular weight excluding hydrogens is 467 g/mol. The van der Waals surface area contributed by atoms with Gasteiger partial charge in [0.1, 0.15) is 5.39 Å². The van der Waals surface area contributed by atoms with Gasteiger partial charge in [-0.2, -0.15) is 18.3 Å². The van der Waals surface area contributed by atoms with Crippen molar-refractivity contribution >= 4 is 46.0 Å². The first-order valence-corrected chi connectivity index (χ1v) is 10.4. The van der Waals surface area contributed by atoms with Crippen molar-refractivity contribution in [2.45, 2.75) is 11.3 Å². The molecule has 7 nitrogen and oxygen atoms in total. The van der Waals surface area contributed by atoms with Crippen LogP contribution in [0.1, 0.15) is 5.56 Å². The van der Waals surface area contributed by atoms with Crippen molar-refractivity contribution in [2.75, 3.05) is 11.1 Å². The molecule has 0 unspecified atom stereocenters. The van der Waals surface area contributed by atoms with Crippen LogP contribution in [0.5, 0.6) is 0 Å². The molecule has 32 heavy (non-hydrogen) atoms. The van der Waals surface area contributed by atoms with Crippen molar-refractivity contribution < 1.29 is 18.0 Å². The number of H-pyrrole nitrogens is 1. The van der Waals surface area contributed by atoms with E-state index in [1.807, 2.05) is 0 Å².